The highest BCUT2D eigenvalue weighted by Crippen LogP contribution is 2.64. The summed E-state index contributed by atoms with van der Waals surface area (Å²) in [6.45, 7) is 3.86. The highest BCUT2D eigenvalue weighted by Gasteiger charge is 2.95. The average molecular weight is 624 g/mol. The summed E-state index contributed by atoms with van der Waals surface area (Å²) in [7, 11) is 0.574. The molecule has 18 heteroatoms. The Morgan fingerprint density at radius 3 is 1.43 bits per heavy atom. The summed E-state index contributed by atoms with van der Waals surface area (Å²) in [5.41, 5.74) is -2.86. The van der Waals surface area contributed by atoms with Crippen LogP contribution in [0.3, 0.4) is 0 Å². The van der Waals surface area contributed by atoms with E-state index in [-0.39, 0.29) is 5.92 Å². The van der Waals surface area contributed by atoms with Crippen molar-refractivity contribution in [3.05, 3.63) is 35.4 Å². The number of methoxy groups -OCH3 is 1. The van der Waals surface area contributed by atoms with Gasteiger partial charge in [0.05, 0.1) is 12.0 Å². The van der Waals surface area contributed by atoms with Crippen LogP contribution in [0.15, 0.2) is 24.3 Å². The third-order valence-electron chi connectivity index (χ3n) is 6.48. The van der Waals surface area contributed by atoms with E-state index in [1.54, 1.807) is 13.8 Å². The van der Waals surface area contributed by atoms with E-state index < -0.39 is 65.2 Å². The Bertz CT molecular complexity index is 1030. The first-order chi connectivity index (χ1) is 17.5. The Morgan fingerprint density at radius 2 is 1.05 bits per heavy atom. The number of rotatable bonds is 12. The quantitative estimate of drug-likeness (QED) is 0.211. The molecular weight excluding hydrogens is 603 g/mol. The molecule has 0 amide bonds. The SMILES string of the molecule is CCC(C)c1cccc(C(C)(CC(F)(F)C(F)(F)C(F)(F)C(F)(F)C(F)(F)C(F)(F)C(F)(F)C(F)(F)F)OC)c1. The Labute approximate surface area is 215 Å². The largest absolute Gasteiger partial charge is 0.460 e. The van der Waals surface area contributed by atoms with Crippen LogP contribution in [-0.4, -0.2) is 54.7 Å². The summed E-state index contributed by atoms with van der Waals surface area (Å²) >= 11 is 0. The lowest BCUT2D eigenvalue weighted by atomic mass is 9.82. The zero-order valence-electron chi connectivity index (χ0n) is 20.6. The van der Waals surface area contributed by atoms with E-state index in [2.05, 4.69) is 4.74 Å². The van der Waals surface area contributed by atoms with Gasteiger partial charge in [0.25, 0.3) is 0 Å². The second kappa shape index (κ2) is 10.4. The molecule has 0 fully saturated rings. The van der Waals surface area contributed by atoms with Gasteiger partial charge < -0.3 is 4.74 Å². The van der Waals surface area contributed by atoms with Crippen molar-refractivity contribution in [1.82, 2.24) is 0 Å². The lowest BCUT2D eigenvalue weighted by Crippen LogP contribution is -2.74. The summed E-state index contributed by atoms with van der Waals surface area (Å²) in [6, 6.07) is 4.63. The number of halogens is 17. The molecule has 1 aromatic carbocycles. The fourth-order valence-corrected chi connectivity index (χ4v) is 3.43. The predicted octanol–water partition coefficient (Wildman–Crippen LogP) is 9.46. The van der Waals surface area contributed by atoms with Crippen LogP contribution < -0.4 is 0 Å². The molecule has 0 radical (unpaired) electrons. The van der Waals surface area contributed by atoms with Crippen molar-refractivity contribution in [3.8, 4) is 0 Å². The van der Waals surface area contributed by atoms with Crippen molar-refractivity contribution in [1.29, 1.82) is 0 Å². The summed E-state index contributed by atoms with van der Waals surface area (Å²) in [5, 5.41) is 0. The summed E-state index contributed by atoms with van der Waals surface area (Å²) in [6.07, 6.45) is -10.1. The molecule has 0 aliphatic heterocycles. The van der Waals surface area contributed by atoms with E-state index in [1.165, 1.54) is 12.1 Å². The van der Waals surface area contributed by atoms with Gasteiger partial charge in [-0.3, -0.25) is 0 Å². The normalized spacial score (nSPS) is 17.5. The van der Waals surface area contributed by atoms with Crippen LogP contribution in [0.4, 0.5) is 74.6 Å². The number of hydrogen-bond acceptors (Lipinski definition) is 1. The molecular formula is C22H21F17O. The van der Waals surface area contributed by atoms with Gasteiger partial charge in [-0.05, 0) is 30.4 Å². The molecule has 0 saturated carbocycles. The van der Waals surface area contributed by atoms with E-state index in [0.717, 1.165) is 12.1 Å². The van der Waals surface area contributed by atoms with Crippen LogP contribution in [0.25, 0.3) is 0 Å². The van der Waals surface area contributed by atoms with Gasteiger partial charge in [-0.15, -0.1) is 0 Å². The number of alkyl halides is 17. The van der Waals surface area contributed by atoms with Gasteiger partial charge in [-0.25, -0.2) is 0 Å². The lowest BCUT2D eigenvalue weighted by molar-refractivity contribution is -0.462. The van der Waals surface area contributed by atoms with Crippen molar-refractivity contribution >= 4 is 0 Å². The molecule has 0 N–H and O–H groups in total. The summed E-state index contributed by atoms with van der Waals surface area (Å²) < 4.78 is 235. The van der Waals surface area contributed by atoms with Crippen LogP contribution in [0.2, 0.25) is 0 Å². The van der Waals surface area contributed by atoms with Crippen LogP contribution in [-0.2, 0) is 10.3 Å². The van der Waals surface area contributed by atoms with Crippen LogP contribution in [0.5, 0.6) is 0 Å². The average Bonchev–Trinajstić information content (AvgIpc) is 2.81. The summed E-state index contributed by atoms with van der Waals surface area (Å²) in [4.78, 5) is 0. The molecule has 0 aliphatic rings. The van der Waals surface area contributed by atoms with Crippen LogP contribution in [0.1, 0.15) is 50.7 Å². The van der Waals surface area contributed by atoms with Crippen molar-refractivity contribution < 1.29 is 79.4 Å². The Balaban J connectivity index is 3.68. The molecule has 40 heavy (non-hydrogen) atoms. The fraction of sp³-hybridized carbons (Fsp3) is 0.727. The molecule has 0 spiro atoms. The molecule has 0 aromatic heterocycles. The molecule has 2 unspecified atom stereocenters. The van der Waals surface area contributed by atoms with Gasteiger partial charge in [0.15, 0.2) is 0 Å². The molecule has 2 atom stereocenters. The molecule has 234 valence electrons. The maximum absolute atomic E-state index is 14.6. The van der Waals surface area contributed by atoms with E-state index in [9.17, 15) is 74.6 Å². The van der Waals surface area contributed by atoms with Gasteiger partial charge in [0.2, 0.25) is 0 Å². The fourth-order valence-electron chi connectivity index (χ4n) is 3.43. The first kappa shape index (κ1) is 36.0. The molecule has 1 aromatic rings. The first-order valence-corrected chi connectivity index (χ1v) is 10.8. The highest BCUT2D eigenvalue weighted by atomic mass is 19.4. The Hall–Kier alpha value is -2.01. The van der Waals surface area contributed by atoms with Crippen LogP contribution >= 0.6 is 0 Å². The van der Waals surface area contributed by atoms with E-state index >= 15 is 0 Å². The topological polar surface area (TPSA) is 9.23 Å². The van der Waals surface area contributed by atoms with Gasteiger partial charge >= 0.3 is 47.6 Å². The van der Waals surface area contributed by atoms with Gasteiger partial charge in [0, 0.05) is 7.11 Å². The minimum atomic E-state index is -8.66. The molecule has 0 heterocycles. The monoisotopic (exact) mass is 624 g/mol. The molecule has 0 saturated heterocycles. The maximum atomic E-state index is 14.6. The molecule has 1 nitrogen and oxygen atoms in total. The zero-order valence-corrected chi connectivity index (χ0v) is 20.6. The van der Waals surface area contributed by atoms with Crippen molar-refractivity contribution in [2.24, 2.45) is 0 Å². The molecule has 1 rings (SSSR count). The number of benzene rings is 1. The standard InChI is InChI=1S/C22H21F17O/c1-5-11(2)12-7-6-8-13(9-12)14(3,40-4)10-15(23,24)16(25,26)17(27,28)18(29,30)19(31,32)20(33,34)21(35,36)22(37,38)39/h6-9,11H,5,10H2,1-4H3. The van der Waals surface area contributed by atoms with Gasteiger partial charge in [-0.1, -0.05) is 38.1 Å². The minimum absolute atomic E-state index is 0.301. The third-order valence-corrected chi connectivity index (χ3v) is 6.48. The first-order valence-electron chi connectivity index (χ1n) is 10.8. The number of hydrogen-bond donors (Lipinski definition) is 0. The van der Waals surface area contributed by atoms with E-state index in [4.69, 9.17) is 0 Å². The molecule has 0 bridgehead atoms. The van der Waals surface area contributed by atoms with E-state index in [1.807, 2.05) is 0 Å². The predicted molar refractivity (Wildman–Crippen MR) is 105 cm³/mol. The Kier molecular flexibility index (Phi) is 9.33. The lowest BCUT2D eigenvalue weighted by Gasteiger charge is -2.44. The summed E-state index contributed by atoms with van der Waals surface area (Å²) in [5.74, 6) is -56.9. The van der Waals surface area contributed by atoms with Crippen molar-refractivity contribution in [3.63, 3.8) is 0 Å². The highest BCUT2D eigenvalue weighted by molar-refractivity contribution is 5.31. The maximum Gasteiger partial charge on any atom is 0.460 e. The van der Waals surface area contributed by atoms with Gasteiger partial charge in [0.1, 0.15) is 0 Å². The van der Waals surface area contributed by atoms with Gasteiger partial charge in [-0.2, -0.15) is 74.6 Å². The van der Waals surface area contributed by atoms with Crippen LogP contribution in [0, 0.1) is 0 Å². The zero-order chi connectivity index (χ0) is 32.2. The van der Waals surface area contributed by atoms with Crippen molar-refractivity contribution in [2.75, 3.05) is 7.11 Å². The second-order valence-electron chi connectivity index (χ2n) is 9.20. The third kappa shape index (κ3) is 5.21. The van der Waals surface area contributed by atoms with Crippen molar-refractivity contribution in [2.45, 2.75) is 92.8 Å². The minimum Gasteiger partial charge on any atom is -0.374 e. The second-order valence-corrected chi connectivity index (χ2v) is 9.20. The van der Waals surface area contributed by atoms with E-state index in [0.29, 0.717) is 26.0 Å². The Morgan fingerprint density at radius 1 is 0.650 bits per heavy atom. The molecule has 0 aliphatic carbocycles. The number of ether oxygens (including phenoxy) is 1. The smallest absolute Gasteiger partial charge is 0.374 e.